The summed E-state index contributed by atoms with van der Waals surface area (Å²) in [5, 5.41) is 0. The van der Waals surface area contributed by atoms with Crippen LogP contribution in [0.25, 0.3) is 145 Å². The summed E-state index contributed by atoms with van der Waals surface area (Å²) >= 11 is 0. The van der Waals surface area contributed by atoms with Crippen LogP contribution in [0.5, 0.6) is 0 Å². The van der Waals surface area contributed by atoms with Crippen LogP contribution < -0.4 is 9.97 Å². The first kappa shape index (κ1) is 116. The van der Waals surface area contributed by atoms with Gasteiger partial charge in [-0.15, -0.1) is 22.1 Å². The number of benzene rings is 4. The van der Waals surface area contributed by atoms with Crippen LogP contribution in [0.1, 0.15) is 521 Å². The second-order valence-electron chi connectivity index (χ2n) is 48.9. The van der Waals surface area contributed by atoms with E-state index >= 15 is 0 Å². The fraction of sp³-hybridized carbons (Fsp3) is 0.514. The number of rotatable bonds is 47. The summed E-state index contributed by atoms with van der Waals surface area (Å²) in [6.45, 7) is 66.3. The molecule has 0 saturated carbocycles. The molecule has 0 saturated heterocycles. The van der Waals surface area contributed by atoms with Gasteiger partial charge in [-0.25, -0.2) is 19.9 Å². The van der Waals surface area contributed by atoms with E-state index in [1.54, 1.807) is 0 Å². The van der Waals surface area contributed by atoms with Gasteiger partial charge in [0, 0.05) is 22.2 Å². The Bertz CT molecular complexity index is 6420. The molecule has 4 aromatic carbocycles. The van der Waals surface area contributed by atoms with E-state index in [1.165, 1.54) is 304 Å². The SMILES string of the molecule is CCCCCCC1=C(C)c2nc1cc1[n-]c(c(C)c1CCCCCC)c(-c1ccc(/C=C/C=C/c3ccc(-c4c5nc(cc6[nH]c(c(C)c6CCCCCC)c(-c6cc(C(C)(C)C)cc(C(C)(C)C)c6)c6nc(cc7[nH]c4c(C)c7CCCCCC)C(CCCCCC)=C6C)C(CCCCCC)=C5C)cc3)cc1)c1nc(cc3[n-]c(c(C)c3CCCCCC)c2-c2cc(C(C)(C)C)cc(C(C)(C)C)c2)C(CCCCCC)=C1C.[Zn+2]. The predicted octanol–water partition coefficient (Wildman–Crippen LogP) is 42.1. The van der Waals surface area contributed by atoms with Crippen molar-refractivity contribution >= 4 is 101 Å². The molecule has 8 nitrogen and oxygen atoms in total. The topological polar surface area (TPSA) is 111 Å². The molecule has 16 bridgehead atoms. The quantitative estimate of drug-likeness (QED) is 0.0223. The molecule has 10 heterocycles. The second-order valence-corrected chi connectivity index (χ2v) is 48.9. The Labute approximate surface area is 915 Å². The maximum absolute atomic E-state index is 6.15. The summed E-state index contributed by atoms with van der Waals surface area (Å²) in [4.78, 5) is 45.4. The molecule has 0 radical (unpaired) electrons. The normalized spacial score (nSPS) is 13.4. The molecule has 4 aliphatic rings. The molecule has 14 rings (SSSR count). The van der Waals surface area contributed by atoms with E-state index in [4.69, 9.17) is 29.9 Å². The number of nitrogens with zero attached hydrogens (tertiary/aromatic N) is 6. The monoisotopic (exact) mass is 2050 g/mol. The van der Waals surface area contributed by atoms with Gasteiger partial charge in [0.2, 0.25) is 0 Å². The molecule has 0 atom stereocenters. The third kappa shape index (κ3) is 27.5. The third-order valence-electron chi connectivity index (χ3n) is 33.2. The molecule has 4 aliphatic heterocycles. The fourth-order valence-electron chi connectivity index (χ4n) is 23.5. The number of unbranched alkanes of at least 4 members (excludes halogenated alkanes) is 24. The zero-order valence-corrected chi connectivity index (χ0v) is 101. The van der Waals surface area contributed by atoms with Crippen molar-refractivity contribution in [3.8, 4) is 44.5 Å². The summed E-state index contributed by atoms with van der Waals surface area (Å²) in [6, 6.07) is 43.6. The van der Waals surface area contributed by atoms with E-state index < -0.39 is 0 Å². The Morgan fingerprint density at radius 2 is 0.497 bits per heavy atom. The van der Waals surface area contributed by atoms with Gasteiger partial charge in [0.05, 0.1) is 56.6 Å². The zero-order valence-electron chi connectivity index (χ0n) is 98.4. The summed E-state index contributed by atoms with van der Waals surface area (Å²) in [6.07, 6.45) is 54.2. The number of H-pyrrole nitrogens is 2. The predicted molar refractivity (Wildman–Crippen MR) is 650 cm³/mol. The van der Waals surface area contributed by atoms with E-state index in [-0.39, 0.29) is 41.1 Å². The Morgan fingerprint density at radius 1 is 0.255 bits per heavy atom. The zero-order chi connectivity index (χ0) is 106. The fourth-order valence-corrected chi connectivity index (χ4v) is 23.5. The minimum Gasteiger partial charge on any atom is -0.657 e. The van der Waals surface area contributed by atoms with Gasteiger partial charge in [0.15, 0.2) is 0 Å². The molecular weight excluding hydrogens is 1860 g/mol. The smallest absolute Gasteiger partial charge is 0.657 e. The minimum absolute atomic E-state index is 0. The molecule has 6 aromatic heterocycles. The molecule has 0 spiro atoms. The average Bonchev–Trinajstić information content (AvgIpc) is 1.58. The summed E-state index contributed by atoms with van der Waals surface area (Å²) in [5.74, 6) is 0. The first-order chi connectivity index (χ1) is 71.0. The number of hydrogen-bond acceptors (Lipinski definition) is 4. The average molecular weight is 2050 g/mol. The van der Waals surface area contributed by atoms with Gasteiger partial charge in [-0.3, -0.25) is 0 Å². The molecule has 0 amide bonds. The van der Waals surface area contributed by atoms with Gasteiger partial charge >= 0.3 is 19.5 Å². The molecule has 2 N–H and O–H groups in total. The van der Waals surface area contributed by atoms with Crippen LogP contribution in [0.4, 0.5) is 0 Å². The molecule has 0 fully saturated rings. The standard InChI is InChI=1S/C140H188N8.Zn/c1-29-37-45-53-65-109-91(9)129-125(130-92(10)110(66-54-46-38-30-2)118(142-130)88-122-114(70-58-50-42-34-6)96(14)134(146-122)127(103-81-105(137(17,18)19)85-106(82-103)138(20,21)22)133-95(13)113(69-57-49-41-33-5)121(145-133)87-117(109)141-129)101-77-73-99(74-78-101)63-61-62-64-100-75-79-102(80-76-100)126-131-93(11)111(67-55-47-39-31-3)119(143-131)89-123-115(71-59-51-43-35-7)97(15)135(147-123)128(104-83-107(139(23,24)25)86-108(84-104)140(26,27)28)136-98(16)116(72-60-52-44-36-8)124(148-136)90-120-112(68-56-48-40-32-4)94(12)132(126)144-120;/h61-64,73-90,141,146H,29-60,65-72H2,1-28H3;/q-2;+2/b63-61+,64-62+,117-87?,118-88?,119-89?,120-90?,121-87?,122-88?,123-89?,124-90?,129-125?,130-125?,131-126?,132-126?,133-127?,134-127?,135-128?,136-128?;. The second kappa shape index (κ2) is 52.7. The van der Waals surface area contributed by atoms with Crippen LogP contribution in [0.15, 0.2) is 121 Å². The number of aromatic nitrogens is 8. The van der Waals surface area contributed by atoms with E-state index in [9.17, 15) is 0 Å². The van der Waals surface area contributed by atoms with Crippen molar-refractivity contribution in [2.75, 3.05) is 0 Å². The van der Waals surface area contributed by atoms with Crippen molar-refractivity contribution in [2.24, 2.45) is 0 Å². The van der Waals surface area contributed by atoms with Crippen molar-refractivity contribution in [3.05, 3.63) is 245 Å². The number of hydrogen-bond donors (Lipinski definition) is 2. The largest absolute Gasteiger partial charge is 2.00 e. The van der Waals surface area contributed by atoms with Crippen molar-refractivity contribution in [1.82, 2.24) is 39.9 Å². The number of allylic oxidation sites excluding steroid dienone is 10. The number of nitrogens with one attached hydrogen (secondary N) is 2. The molecule has 149 heavy (non-hydrogen) atoms. The minimum atomic E-state index is -0.102. The van der Waals surface area contributed by atoms with E-state index in [1.807, 2.05) is 0 Å². The van der Waals surface area contributed by atoms with Crippen molar-refractivity contribution in [2.45, 2.75) is 472 Å². The van der Waals surface area contributed by atoms with E-state index in [0.29, 0.717) is 0 Å². The van der Waals surface area contributed by atoms with E-state index in [2.05, 4.69) is 337 Å². The third-order valence-corrected chi connectivity index (χ3v) is 33.2. The Hall–Kier alpha value is -9.82. The number of aromatic amines is 2. The molecule has 10 aromatic rings. The Morgan fingerprint density at radius 3 is 0.779 bits per heavy atom. The van der Waals surface area contributed by atoms with Crippen molar-refractivity contribution in [3.63, 3.8) is 0 Å². The first-order valence-corrected chi connectivity index (χ1v) is 59.2. The van der Waals surface area contributed by atoms with Crippen molar-refractivity contribution < 1.29 is 19.5 Å². The van der Waals surface area contributed by atoms with Crippen LogP contribution in [0.2, 0.25) is 0 Å². The Balaban J connectivity index is 0.0000185. The maximum Gasteiger partial charge on any atom is 2.00 e. The van der Waals surface area contributed by atoms with Gasteiger partial charge in [0.1, 0.15) is 0 Å². The summed E-state index contributed by atoms with van der Waals surface area (Å²) in [7, 11) is 0. The van der Waals surface area contributed by atoms with Crippen LogP contribution in [0, 0.1) is 27.7 Å². The van der Waals surface area contributed by atoms with Gasteiger partial charge in [-0.05, 0) is 326 Å². The first-order valence-electron chi connectivity index (χ1n) is 59.2. The summed E-state index contributed by atoms with van der Waals surface area (Å²) < 4.78 is 0. The van der Waals surface area contributed by atoms with Crippen LogP contribution in [0.3, 0.4) is 0 Å². The van der Waals surface area contributed by atoms with Gasteiger partial charge < -0.3 is 19.9 Å². The molecular formula is C140H188N8Zn. The van der Waals surface area contributed by atoms with Gasteiger partial charge in [-0.1, -0.05) is 436 Å². The number of fused-ring (bicyclic) bond motifs is 16. The van der Waals surface area contributed by atoms with Crippen LogP contribution in [-0.4, -0.2) is 29.9 Å². The summed E-state index contributed by atoms with van der Waals surface area (Å²) in [5.41, 5.74) is 55.1. The van der Waals surface area contributed by atoms with Gasteiger partial charge in [-0.2, -0.15) is 0 Å². The van der Waals surface area contributed by atoms with Crippen molar-refractivity contribution in [1.29, 1.82) is 0 Å². The molecule has 0 aliphatic carbocycles. The van der Waals surface area contributed by atoms with E-state index in [0.717, 1.165) is 209 Å². The molecule has 790 valence electrons. The maximum atomic E-state index is 6.15. The Kier molecular flexibility index (Phi) is 41.1. The molecule has 9 heteroatoms. The molecule has 0 unspecified atom stereocenters. The number of aryl methyl sites for hydroxylation is 8. The van der Waals surface area contributed by atoms with Crippen LogP contribution >= 0.6 is 0 Å². The van der Waals surface area contributed by atoms with Gasteiger partial charge in [0.25, 0.3) is 0 Å². The van der Waals surface area contributed by atoms with Crippen LogP contribution in [-0.2, 0) is 66.8 Å².